The Bertz CT molecular complexity index is 1850. The van der Waals surface area contributed by atoms with E-state index in [-0.39, 0.29) is 36.5 Å². The number of hydrogen-bond acceptors (Lipinski definition) is 8. The number of aryl methyl sites for hydroxylation is 1. The number of carbonyl (C=O) groups is 1. The highest BCUT2D eigenvalue weighted by molar-refractivity contribution is 6.76. The van der Waals surface area contributed by atoms with Crippen molar-refractivity contribution in [3.8, 4) is 16.9 Å². The number of alkyl carbamates (subject to hydrolysis) is 1. The second-order valence-corrected chi connectivity index (χ2v) is 20.9. The molecule has 12 nitrogen and oxygen atoms in total. The molecule has 254 valence electrons. The third-order valence-electron chi connectivity index (χ3n) is 9.23. The molecule has 2 fully saturated rings. The van der Waals surface area contributed by atoms with Crippen molar-refractivity contribution in [2.45, 2.75) is 103 Å². The first kappa shape index (κ1) is 33.1. The number of carbonyl (C=O) groups excluding carboxylic acids is 1. The fourth-order valence-electron chi connectivity index (χ4n) is 7.09. The smallest absolute Gasteiger partial charge is 0.407 e. The molecule has 3 aromatic heterocycles. The first-order valence-corrected chi connectivity index (χ1v) is 20.3. The highest BCUT2D eigenvalue weighted by atomic mass is 28.3. The van der Waals surface area contributed by atoms with Gasteiger partial charge in [-0.3, -0.25) is 14.0 Å². The summed E-state index contributed by atoms with van der Waals surface area (Å²) in [5.74, 6) is 1.31. The minimum absolute atomic E-state index is 0.00412. The molecule has 1 N–H and O–H groups in total. The fraction of sp³-hybridized carbons (Fsp3) is 0.588. The highest BCUT2D eigenvalue weighted by Crippen LogP contribution is 2.42. The van der Waals surface area contributed by atoms with E-state index in [1.54, 1.807) is 16.4 Å². The zero-order valence-corrected chi connectivity index (χ0v) is 30.2. The van der Waals surface area contributed by atoms with Crippen LogP contribution in [-0.4, -0.2) is 75.5 Å². The number of methoxy groups -OCH3 is 1. The van der Waals surface area contributed by atoms with Crippen LogP contribution in [0.5, 0.6) is 5.75 Å². The second kappa shape index (κ2) is 12.3. The van der Waals surface area contributed by atoms with Gasteiger partial charge in [-0.05, 0) is 64.6 Å². The van der Waals surface area contributed by atoms with Gasteiger partial charge in [0, 0.05) is 70.4 Å². The van der Waals surface area contributed by atoms with Crippen LogP contribution in [0.4, 0.5) is 10.7 Å². The van der Waals surface area contributed by atoms with E-state index in [0.717, 1.165) is 53.8 Å². The summed E-state index contributed by atoms with van der Waals surface area (Å²) in [4.78, 5) is 34.5. The maximum Gasteiger partial charge on any atom is 0.407 e. The van der Waals surface area contributed by atoms with Gasteiger partial charge in [-0.1, -0.05) is 19.6 Å². The molecule has 0 unspecified atom stereocenters. The molecule has 2 aliphatic heterocycles. The molecule has 6 rings (SSSR count). The summed E-state index contributed by atoms with van der Waals surface area (Å²) < 4.78 is 23.1. The Labute approximate surface area is 277 Å². The maximum absolute atomic E-state index is 14.4. The first-order chi connectivity index (χ1) is 22.1. The average Bonchev–Trinajstić information content (AvgIpc) is 3.61. The Hall–Kier alpha value is -3.84. The van der Waals surface area contributed by atoms with Gasteiger partial charge in [0.15, 0.2) is 5.65 Å². The number of ether oxygens (including phenoxy) is 3. The molecule has 0 aliphatic carbocycles. The Balaban J connectivity index is 1.40. The van der Waals surface area contributed by atoms with E-state index >= 15 is 0 Å². The quantitative estimate of drug-likeness (QED) is 0.181. The SMILES string of the molecule is COc1c(-c2cn(COCC[Si](C)(C)C)c3nc(N4[C@@H]5CC[C@H]4C[C@@H](NC(=O)OC(C)(C)C)C5)n(C)c(=O)c23)ccc2nn(C)cc12. The van der Waals surface area contributed by atoms with E-state index in [4.69, 9.17) is 19.2 Å². The van der Waals surface area contributed by atoms with Crippen LogP contribution in [-0.2, 0) is 30.3 Å². The zero-order chi connectivity index (χ0) is 33.8. The van der Waals surface area contributed by atoms with E-state index < -0.39 is 13.7 Å². The van der Waals surface area contributed by atoms with Crippen molar-refractivity contribution in [2.75, 3.05) is 18.6 Å². The number of amides is 1. The van der Waals surface area contributed by atoms with Crippen LogP contribution in [0.3, 0.4) is 0 Å². The Morgan fingerprint density at radius 1 is 1.06 bits per heavy atom. The molecule has 1 aromatic carbocycles. The van der Waals surface area contributed by atoms with Crippen LogP contribution < -0.4 is 20.5 Å². The lowest BCUT2D eigenvalue weighted by Gasteiger charge is -2.40. The lowest BCUT2D eigenvalue weighted by atomic mass is 9.98. The lowest BCUT2D eigenvalue weighted by molar-refractivity contribution is 0.0492. The number of nitrogens with one attached hydrogen (secondary N) is 1. The monoisotopic (exact) mass is 663 g/mol. The van der Waals surface area contributed by atoms with E-state index in [1.807, 2.05) is 64.0 Å². The number of rotatable bonds is 9. The van der Waals surface area contributed by atoms with Crippen LogP contribution in [0.2, 0.25) is 25.7 Å². The number of benzene rings is 1. The van der Waals surface area contributed by atoms with Crippen molar-refractivity contribution in [2.24, 2.45) is 14.1 Å². The molecule has 0 saturated carbocycles. The van der Waals surface area contributed by atoms with E-state index in [9.17, 15) is 9.59 Å². The van der Waals surface area contributed by atoms with Crippen molar-refractivity contribution in [3.63, 3.8) is 0 Å². The molecular weight excluding hydrogens is 615 g/mol. The van der Waals surface area contributed by atoms with Crippen LogP contribution >= 0.6 is 0 Å². The van der Waals surface area contributed by atoms with Crippen molar-refractivity contribution in [1.29, 1.82) is 0 Å². The van der Waals surface area contributed by atoms with Crippen molar-refractivity contribution in [1.82, 2.24) is 29.2 Å². The minimum atomic E-state index is -1.29. The summed E-state index contributed by atoms with van der Waals surface area (Å²) >= 11 is 0. The third-order valence-corrected chi connectivity index (χ3v) is 10.9. The van der Waals surface area contributed by atoms with E-state index in [0.29, 0.717) is 29.3 Å². The summed E-state index contributed by atoms with van der Waals surface area (Å²) in [6.45, 7) is 13.5. The van der Waals surface area contributed by atoms with Crippen LogP contribution in [0.25, 0.3) is 33.1 Å². The largest absolute Gasteiger partial charge is 0.495 e. The molecular formula is C34H49N7O5Si. The molecule has 2 aliphatic rings. The summed E-state index contributed by atoms with van der Waals surface area (Å²) in [7, 11) is 4.05. The van der Waals surface area contributed by atoms with E-state index in [1.165, 1.54) is 0 Å². The topological polar surface area (TPSA) is 118 Å². The number of aromatic nitrogens is 5. The second-order valence-electron chi connectivity index (χ2n) is 15.3. The van der Waals surface area contributed by atoms with Gasteiger partial charge in [-0.25, -0.2) is 4.79 Å². The van der Waals surface area contributed by atoms with Gasteiger partial charge >= 0.3 is 6.09 Å². The van der Waals surface area contributed by atoms with Crippen LogP contribution in [0.1, 0.15) is 46.5 Å². The molecule has 47 heavy (non-hydrogen) atoms. The Morgan fingerprint density at radius 2 is 1.77 bits per heavy atom. The number of fused-ring (bicyclic) bond motifs is 4. The summed E-state index contributed by atoms with van der Waals surface area (Å²) in [5, 5.41) is 9.04. The van der Waals surface area contributed by atoms with E-state index in [2.05, 4.69) is 35.0 Å². The average molecular weight is 664 g/mol. The van der Waals surface area contributed by atoms with Crippen LogP contribution in [0.15, 0.2) is 29.3 Å². The molecule has 2 saturated heterocycles. The number of anilines is 1. The summed E-state index contributed by atoms with van der Waals surface area (Å²) in [6, 6.07) is 5.27. The molecule has 0 spiro atoms. The number of nitrogens with zero attached hydrogens (tertiary/aromatic N) is 6. The Morgan fingerprint density at radius 3 is 2.40 bits per heavy atom. The van der Waals surface area contributed by atoms with Gasteiger partial charge in [-0.15, -0.1) is 0 Å². The maximum atomic E-state index is 14.4. The van der Waals surface area contributed by atoms with Gasteiger partial charge < -0.3 is 29.0 Å². The molecule has 13 heteroatoms. The molecule has 2 bridgehead atoms. The van der Waals surface area contributed by atoms with Crippen molar-refractivity contribution in [3.05, 3.63) is 34.9 Å². The molecule has 1 amide bonds. The van der Waals surface area contributed by atoms with Crippen LogP contribution in [0, 0.1) is 0 Å². The number of hydrogen-bond donors (Lipinski definition) is 1. The molecule has 4 aromatic rings. The first-order valence-electron chi connectivity index (χ1n) is 16.6. The van der Waals surface area contributed by atoms with Gasteiger partial charge in [0.1, 0.15) is 18.1 Å². The third kappa shape index (κ3) is 6.64. The lowest BCUT2D eigenvalue weighted by Crippen LogP contribution is -2.52. The van der Waals surface area contributed by atoms with Gasteiger partial charge in [0.05, 0.1) is 23.4 Å². The molecule has 5 heterocycles. The minimum Gasteiger partial charge on any atom is -0.495 e. The van der Waals surface area contributed by atoms with Crippen molar-refractivity contribution >= 4 is 42.1 Å². The zero-order valence-electron chi connectivity index (χ0n) is 29.2. The van der Waals surface area contributed by atoms with Gasteiger partial charge in [-0.2, -0.15) is 10.1 Å². The Kier molecular flexibility index (Phi) is 8.66. The van der Waals surface area contributed by atoms with Crippen molar-refractivity contribution < 1.29 is 19.0 Å². The number of piperidine rings is 1. The summed E-state index contributed by atoms with van der Waals surface area (Å²) in [6.07, 6.45) is 6.99. The predicted octanol–water partition coefficient (Wildman–Crippen LogP) is 5.63. The van der Waals surface area contributed by atoms with Gasteiger partial charge in [0.25, 0.3) is 5.56 Å². The normalized spacial score (nSPS) is 19.9. The fourth-order valence-corrected chi connectivity index (χ4v) is 7.85. The predicted molar refractivity (Wildman–Crippen MR) is 187 cm³/mol. The summed E-state index contributed by atoms with van der Waals surface area (Å²) in [5.41, 5.74) is 2.29. The standard InChI is InChI=1S/C34H49N7O5Si/c1-34(2,3)46-33(43)35-21-16-22-10-11-23(17-21)41(22)32-36-30-28(31(42)39(32)5)25(19-40(30)20-45-14-15-47(7,8)9)24-12-13-27-26(29(24)44-6)18-38(4)37-27/h12-13,18-19,21-23H,10-11,14-17,20H2,1-9H3,(H,35,43)/t21-,22+,23-. The molecule has 3 atom stereocenters. The van der Waals surface area contributed by atoms with Gasteiger partial charge in [0.2, 0.25) is 5.95 Å². The molecule has 0 radical (unpaired) electrons. The highest BCUT2D eigenvalue weighted by Gasteiger charge is 2.43.